The standard InChI is InChI=1S/C93H98Cl2F3N9O28/c1-6-43(20-39(2)3)84(121)106-75-63(113)28-49(31-70(100)115)86(123)104-73-48-29-67(130-65-18-13-45(77(75)116)26-58(65)94)81(68(30-48)131-66-19-14-46(27-59(66)95)78(117)76-89(126)105-74(90(127)128)57-33-53(110)34-62(112)72(57)56-25-44(12-17-61(56)111)55(35-64(73)114)87(124)107-76)134-91-82(80(119)79(118)69(38-108)132-91)133-71-36-92(5,83(120)40(4)129-71)101-37-42-21-50(102-85(122)47-8-7-9-54(24-47)135-93(96,97)98)32-51(22-42)103-88(125)60(99)23-41-10-15-52(109)16-11-41/h7-19,21-22,24-27,29-30,32-34,39-40,43,49,55,60,69,71,73-80,82-83,91,101,108-112,116-120H,6,20,23,28,31,35-38,99H2,1-5H3,(H2,100,115)(H,102,122)(H,103,125)(H,104,123)(H,105,126)(H,106,121)(H,107,124)(H,127,128)/t40-,43+,49-,55?,60?,69+,71-,73?,74+,75-,76-,77+,78+,79+,80+,82+,83+,91?,92-/m0/s1. The van der Waals surface area contributed by atoms with Crippen LogP contribution < -0.4 is 67.6 Å². The Bertz CT molecular complexity index is 5880. The van der Waals surface area contributed by atoms with Crippen molar-refractivity contribution in [2.24, 2.45) is 29.2 Å². The van der Waals surface area contributed by atoms with Crippen LogP contribution >= 0.6 is 23.2 Å². The van der Waals surface area contributed by atoms with Gasteiger partial charge in [0.1, 0.15) is 88.9 Å². The maximum Gasteiger partial charge on any atom is 0.573 e. The maximum absolute atomic E-state index is 16.5. The molecule has 19 atom stereocenters. The number of carboxylic acids is 1. The third kappa shape index (κ3) is 23.2. The number of carbonyl (C=O) groups is 10. The number of Topliss-reactive ketones (excluding diaryl/α,β-unsaturated/α-hetero) is 2. The largest absolute Gasteiger partial charge is 0.573 e. The Labute approximate surface area is 777 Å². The number of primary amides is 1. The molecule has 2 saturated heterocycles. The van der Waals surface area contributed by atoms with Crippen molar-refractivity contribution in [3.63, 3.8) is 0 Å². The third-order valence-electron chi connectivity index (χ3n) is 23.8. The molecule has 0 aliphatic carbocycles. The molecule has 2 fully saturated rings. The summed E-state index contributed by atoms with van der Waals surface area (Å²) < 4.78 is 83.8. The van der Waals surface area contributed by atoms with Crippen molar-refractivity contribution in [2.75, 3.05) is 17.2 Å². The molecule has 11 bridgehead atoms. The van der Waals surface area contributed by atoms with Crippen LogP contribution in [0.15, 0.2) is 146 Å². The van der Waals surface area contributed by atoms with Crippen LogP contribution in [0.5, 0.6) is 57.5 Å². The number of aliphatic hydroxyl groups excluding tert-OH is 6. The van der Waals surface area contributed by atoms with Gasteiger partial charge >= 0.3 is 12.3 Å². The monoisotopic (exact) mass is 1920 g/mol. The Balaban J connectivity index is 0.939. The van der Waals surface area contributed by atoms with Crippen molar-refractivity contribution in [1.29, 1.82) is 0 Å². The fourth-order valence-corrected chi connectivity index (χ4v) is 17.3. The molecule has 7 amide bonds. The van der Waals surface area contributed by atoms with E-state index in [1.54, 1.807) is 19.1 Å². The SMILES string of the molecule is CC[C@H](CC(C)C)C(=O)N[C@H]1C(=O)C[C@@H](CC(N)=O)C(=O)NC2C(=O)CC3C(=O)N[C@H](C(=O)N[C@@H](C(=O)O)c4cc(O)cc(O)c4-c4cc3ccc4O)[C@H](O)c3ccc(c(Cl)c3)Oc3cc2cc(c3OC2O[C@H](CO)[C@@H](O)[C@@H](O)[C@H]2O[C@H]2C[C@](C)(NCc3cc(NC(=O)c4cccc(OC(F)(F)F)c4)cc(NC(=O)C(N)Cc4ccc(O)cc4)c3)[C@H](O)[C@H](C)O2)Oc2ccc(cc2Cl)[C@H]1O. The van der Waals surface area contributed by atoms with Gasteiger partial charge in [0.15, 0.2) is 41.5 Å². The fourth-order valence-electron chi connectivity index (χ4n) is 16.9. The molecule has 718 valence electrons. The van der Waals surface area contributed by atoms with E-state index in [9.17, 15) is 93.3 Å². The molecule has 8 aromatic carbocycles. The molecule has 7 heterocycles. The van der Waals surface area contributed by atoms with E-state index in [1.165, 1.54) is 62.4 Å². The van der Waals surface area contributed by atoms with E-state index in [1.807, 2.05) is 13.8 Å². The van der Waals surface area contributed by atoms with Crippen LogP contribution in [-0.2, 0) is 70.3 Å². The number of carboxylic acid groups (broad SMARTS) is 1. The topological polar surface area (TPSA) is 594 Å². The number of hydrogen-bond donors (Lipinski definition) is 20. The lowest BCUT2D eigenvalue weighted by molar-refractivity contribution is -0.334. The summed E-state index contributed by atoms with van der Waals surface area (Å²) >= 11 is 14.4. The van der Waals surface area contributed by atoms with Crippen LogP contribution in [0, 0.1) is 17.8 Å². The molecule has 37 nitrogen and oxygen atoms in total. The number of alkyl halides is 3. The normalized spacial score (nSPS) is 25.3. The Kier molecular flexibility index (Phi) is 30.7. The van der Waals surface area contributed by atoms with Gasteiger partial charge in [0.2, 0.25) is 47.5 Å². The number of ketones is 2. The first-order chi connectivity index (χ1) is 63.8. The number of halogens is 5. The average molecular weight is 1920 g/mol. The fraction of sp³-hybridized carbons (Fsp3) is 0.376. The van der Waals surface area contributed by atoms with Crippen LogP contribution in [0.25, 0.3) is 11.1 Å². The van der Waals surface area contributed by atoms with Gasteiger partial charge < -0.3 is 138 Å². The molecular formula is C93H98Cl2F3N9O28. The minimum Gasteiger partial charge on any atom is -0.508 e. The molecule has 22 N–H and O–H groups in total. The summed E-state index contributed by atoms with van der Waals surface area (Å²) in [7, 11) is 0. The zero-order chi connectivity index (χ0) is 97.8. The number of nitrogens with two attached hydrogens (primary N) is 2. The van der Waals surface area contributed by atoms with Gasteiger partial charge in [-0.3, -0.25) is 43.2 Å². The molecule has 0 saturated carbocycles. The van der Waals surface area contributed by atoms with Gasteiger partial charge in [-0.05, 0) is 176 Å². The van der Waals surface area contributed by atoms with Crippen LogP contribution in [0.2, 0.25) is 10.0 Å². The summed E-state index contributed by atoms with van der Waals surface area (Å²) in [6.07, 6.45) is -27.2. The van der Waals surface area contributed by atoms with Crippen LogP contribution in [0.4, 0.5) is 24.5 Å². The molecule has 135 heavy (non-hydrogen) atoms. The molecule has 7 aliphatic heterocycles. The number of aromatic hydroxyl groups is 4. The smallest absolute Gasteiger partial charge is 0.508 e. The second kappa shape index (κ2) is 41.6. The number of benzene rings is 8. The number of carbonyl (C=O) groups excluding carboxylic acids is 9. The lowest BCUT2D eigenvalue weighted by atomic mass is 9.84. The van der Waals surface area contributed by atoms with Gasteiger partial charge in [-0.15, -0.1) is 13.2 Å². The molecule has 4 unspecified atom stereocenters. The molecule has 0 aromatic heterocycles. The van der Waals surface area contributed by atoms with Gasteiger partial charge in [-0.2, -0.15) is 0 Å². The predicted molar refractivity (Wildman–Crippen MR) is 471 cm³/mol. The quantitative estimate of drug-likeness (QED) is 0.0291. The number of amides is 7. The average Bonchev–Trinajstić information content (AvgIpc) is 0.761. The van der Waals surface area contributed by atoms with E-state index in [4.69, 9.17) is 63.1 Å². The van der Waals surface area contributed by atoms with Gasteiger partial charge in [-0.1, -0.05) is 80.4 Å². The summed E-state index contributed by atoms with van der Waals surface area (Å²) in [6, 6.07) is 17.9. The lowest BCUT2D eigenvalue weighted by Gasteiger charge is -2.48. The van der Waals surface area contributed by atoms with Gasteiger partial charge in [0, 0.05) is 83.4 Å². The molecule has 8 aromatic rings. The van der Waals surface area contributed by atoms with Crippen molar-refractivity contribution >= 4 is 93.5 Å². The molecule has 15 rings (SSSR count). The minimum atomic E-state index is -5.12. The summed E-state index contributed by atoms with van der Waals surface area (Å²) in [6.45, 7) is 7.05. The van der Waals surface area contributed by atoms with Crippen LogP contribution in [0.1, 0.15) is 153 Å². The second-order valence-corrected chi connectivity index (χ2v) is 35.1. The number of ether oxygens (including phenoxy) is 7. The highest BCUT2D eigenvalue weighted by molar-refractivity contribution is 6.32. The van der Waals surface area contributed by atoms with E-state index in [-0.39, 0.29) is 76.0 Å². The Morgan fingerprint density at radius 2 is 1.33 bits per heavy atom. The summed E-state index contributed by atoms with van der Waals surface area (Å²) in [5.41, 5.74) is 8.39. The van der Waals surface area contributed by atoms with Gasteiger partial charge in [0.25, 0.3) is 5.91 Å². The van der Waals surface area contributed by atoms with E-state index in [2.05, 4.69) is 42.0 Å². The number of hydrogen-bond acceptors (Lipinski definition) is 29. The van der Waals surface area contributed by atoms with E-state index in [0.29, 0.717) is 12.0 Å². The van der Waals surface area contributed by atoms with Crippen molar-refractivity contribution in [3.05, 3.63) is 200 Å². The predicted octanol–water partition coefficient (Wildman–Crippen LogP) is 7.72. The zero-order valence-corrected chi connectivity index (χ0v) is 74.1. The van der Waals surface area contributed by atoms with Crippen molar-refractivity contribution in [1.82, 2.24) is 26.6 Å². The first-order valence-electron chi connectivity index (χ1n) is 42.7. The Hall–Kier alpha value is -12.8. The van der Waals surface area contributed by atoms with Crippen LogP contribution in [0.3, 0.4) is 0 Å². The van der Waals surface area contributed by atoms with Crippen LogP contribution in [-0.4, -0.2) is 201 Å². The number of phenols is 4. The Morgan fingerprint density at radius 1 is 0.674 bits per heavy atom. The Morgan fingerprint density at radius 3 is 1.95 bits per heavy atom. The highest BCUT2D eigenvalue weighted by Crippen LogP contribution is 2.51. The van der Waals surface area contributed by atoms with E-state index in [0.717, 1.165) is 84.9 Å². The molecule has 42 heteroatoms. The number of anilines is 2. The number of nitrogens with one attached hydrogen (secondary N) is 7. The minimum absolute atomic E-state index is 0.0190. The maximum atomic E-state index is 16.5. The van der Waals surface area contributed by atoms with Gasteiger partial charge in [-0.25, -0.2) is 4.79 Å². The summed E-state index contributed by atoms with van der Waals surface area (Å²) in [5.74, 6) is -22.6. The van der Waals surface area contributed by atoms with Crippen molar-refractivity contribution in [3.8, 4) is 68.6 Å². The molecular weight excluding hydrogens is 1820 g/mol. The highest BCUT2D eigenvalue weighted by atomic mass is 35.5. The molecule has 0 radical (unpaired) electrons. The summed E-state index contributed by atoms with van der Waals surface area (Å²) in [4.78, 5) is 147. The zero-order valence-electron chi connectivity index (χ0n) is 72.6. The van der Waals surface area contributed by atoms with Crippen molar-refractivity contribution < 1.29 is 150 Å². The molecule has 0 spiro atoms. The number of aliphatic hydroxyl groups is 6. The first kappa shape index (κ1) is 99.7. The van der Waals surface area contributed by atoms with Crippen molar-refractivity contribution in [2.45, 2.75) is 196 Å². The molecule has 7 aliphatic rings. The number of rotatable bonds is 23. The van der Waals surface area contributed by atoms with E-state index >= 15 is 24.0 Å². The highest BCUT2D eigenvalue weighted by Gasteiger charge is 2.53. The lowest BCUT2D eigenvalue weighted by Crippen LogP contribution is -2.65. The number of fused-ring (bicyclic) bond motifs is 15. The summed E-state index contributed by atoms with van der Waals surface area (Å²) in [5, 5.41) is 145. The third-order valence-corrected chi connectivity index (χ3v) is 24.4. The second-order valence-electron chi connectivity index (χ2n) is 34.2. The first-order valence-corrected chi connectivity index (χ1v) is 43.4. The number of aliphatic carboxylic acids is 1. The van der Waals surface area contributed by atoms with E-state index < -0.39 is 291 Å². The number of phenolic OH excluding ortho intramolecular Hbond substituents is 4. The van der Waals surface area contributed by atoms with Gasteiger partial charge in [0.05, 0.1) is 46.7 Å².